The average Bonchev–Trinajstić information content (AvgIpc) is 3.46. The molecule has 2 rings (SSSR count). The van der Waals surface area contributed by atoms with Crippen LogP contribution in [0.1, 0.15) is 89.2 Å². The number of anilines is 1. The van der Waals surface area contributed by atoms with Crippen LogP contribution in [0.25, 0.3) is 0 Å². The van der Waals surface area contributed by atoms with Crippen molar-refractivity contribution in [3.05, 3.63) is 23.5 Å². The first-order valence-corrected chi connectivity index (χ1v) is 9.49. The van der Waals surface area contributed by atoms with E-state index in [2.05, 4.69) is 49.4 Å². The molecule has 0 radical (unpaired) electrons. The summed E-state index contributed by atoms with van der Waals surface area (Å²) in [4.78, 5) is 16.3. The number of rotatable bonds is 6. The highest BCUT2D eigenvalue weighted by Gasteiger charge is 2.25. The summed E-state index contributed by atoms with van der Waals surface area (Å²) >= 11 is 0. The molecule has 1 aromatic rings. The van der Waals surface area contributed by atoms with Crippen molar-refractivity contribution >= 4 is 11.6 Å². The number of pyridine rings is 1. The first-order chi connectivity index (χ1) is 11.5. The molecule has 1 aliphatic carbocycles. The zero-order chi connectivity index (χ0) is 18.5. The summed E-state index contributed by atoms with van der Waals surface area (Å²) in [6.07, 6.45) is 6.95. The van der Waals surface area contributed by atoms with Crippen LogP contribution in [0.2, 0.25) is 0 Å². The maximum Gasteiger partial charge on any atom is 0.272 e. The minimum atomic E-state index is -0.101. The van der Waals surface area contributed by atoms with E-state index in [0.717, 1.165) is 5.69 Å². The van der Waals surface area contributed by atoms with E-state index in [9.17, 15) is 4.79 Å². The lowest BCUT2D eigenvalue weighted by atomic mass is 10.1. The van der Waals surface area contributed by atoms with Crippen molar-refractivity contribution in [2.24, 2.45) is 5.92 Å². The van der Waals surface area contributed by atoms with E-state index in [4.69, 9.17) is 0 Å². The number of unbranched alkanes of at least 4 members (excludes halogenated alkanes) is 1. The number of aromatic nitrogens is 1. The lowest BCUT2D eigenvalue weighted by molar-refractivity contribution is 0.0945. The zero-order valence-electron chi connectivity index (χ0n) is 16.7. The molecule has 0 saturated heterocycles. The SMILES string of the molecule is CC.CCCC.CNc1cc(C2CC2)cnc1C(=O)NCC(C)C. The van der Waals surface area contributed by atoms with Crippen LogP contribution in [0, 0.1) is 5.92 Å². The molecule has 0 spiro atoms. The standard InChI is InChI=1S/C14H21N3O.C4H10.C2H6/c1-9(2)7-17-14(18)13-12(15-3)6-11(8-16-13)10-4-5-10;1-3-4-2;1-2/h6,8-10,15H,4-5,7H2,1-3H3,(H,17,18);3-4H2,1-2H3;1-2H3. The number of amides is 1. The molecule has 1 saturated carbocycles. The minimum absolute atomic E-state index is 0.101. The quantitative estimate of drug-likeness (QED) is 0.749. The minimum Gasteiger partial charge on any atom is -0.386 e. The molecule has 24 heavy (non-hydrogen) atoms. The van der Waals surface area contributed by atoms with Gasteiger partial charge in [-0.3, -0.25) is 4.79 Å². The fourth-order valence-corrected chi connectivity index (χ4v) is 1.87. The largest absolute Gasteiger partial charge is 0.386 e. The van der Waals surface area contributed by atoms with Crippen LogP contribution >= 0.6 is 0 Å². The maximum absolute atomic E-state index is 12.0. The van der Waals surface area contributed by atoms with E-state index in [0.29, 0.717) is 24.1 Å². The molecular formula is C20H37N3O. The predicted molar refractivity (Wildman–Crippen MR) is 105 cm³/mol. The number of carbonyl (C=O) groups is 1. The number of carbonyl (C=O) groups excluding carboxylic acids is 1. The fraction of sp³-hybridized carbons (Fsp3) is 0.700. The molecule has 0 aromatic carbocycles. The lowest BCUT2D eigenvalue weighted by Crippen LogP contribution is -2.28. The maximum atomic E-state index is 12.0. The summed E-state index contributed by atoms with van der Waals surface area (Å²) in [5, 5.41) is 5.96. The molecule has 1 fully saturated rings. The van der Waals surface area contributed by atoms with Gasteiger partial charge in [-0.25, -0.2) is 4.98 Å². The number of nitrogens with one attached hydrogen (secondary N) is 2. The monoisotopic (exact) mass is 335 g/mol. The Balaban J connectivity index is 0.000000773. The highest BCUT2D eigenvalue weighted by atomic mass is 16.1. The summed E-state index contributed by atoms with van der Waals surface area (Å²) in [7, 11) is 1.83. The van der Waals surface area contributed by atoms with Gasteiger partial charge >= 0.3 is 0 Å². The summed E-state index contributed by atoms with van der Waals surface area (Å²) < 4.78 is 0. The molecule has 1 aromatic heterocycles. The Morgan fingerprint density at radius 2 is 1.83 bits per heavy atom. The van der Waals surface area contributed by atoms with Gasteiger partial charge in [-0.05, 0) is 36.3 Å². The highest BCUT2D eigenvalue weighted by Crippen LogP contribution is 2.40. The van der Waals surface area contributed by atoms with Crippen molar-refractivity contribution in [2.75, 3.05) is 18.9 Å². The summed E-state index contributed by atoms with van der Waals surface area (Å²) in [5.41, 5.74) is 2.54. The van der Waals surface area contributed by atoms with Crippen LogP contribution in [-0.2, 0) is 0 Å². The Morgan fingerprint density at radius 1 is 1.25 bits per heavy atom. The van der Waals surface area contributed by atoms with Gasteiger partial charge in [0.15, 0.2) is 5.69 Å². The number of nitrogens with zero attached hydrogens (tertiary/aromatic N) is 1. The Hall–Kier alpha value is -1.58. The van der Waals surface area contributed by atoms with Gasteiger partial charge in [-0.15, -0.1) is 0 Å². The van der Waals surface area contributed by atoms with Gasteiger partial charge in [0.05, 0.1) is 5.69 Å². The third-order valence-electron chi connectivity index (χ3n) is 3.61. The summed E-state index contributed by atoms with van der Waals surface area (Å²) in [5.74, 6) is 0.991. The Morgan fingerprint density at radius 3 is 2.25 bits per heavy atom. The van der Waals surface area contributed by atoms with Crippen molar-refractivity contribution in [3.63, 3.8) is 0 Å². The lowest BCUT2D eigenvalue weighted by Gasteiger charge is -2.11. The topological polar surface area (TPSA) is 54.0 Å². The molecule has 4 heteroatoms. The smallest absolute Gasteiger partial charge is 0.272 e. The molecular weight excluding hydrogens is 298 g/mol. The van der Waals surface area contributed by atoms with Crippen LogP contribution in [0.5, 0.6) is 0 Å². The Bertz CT molecular complexity index is 466. The Kier molecular flexibility index (Phi) is 12.0. The molecule has 4 nitrogen and oxygen atoms in total. The normalized spacial score (nSPS) is 12.5. The van der Waals surface area contributed by atoms with Crippen molar-refractivity contribution < 1.29 is 4.79 Å². The van der Waals surface area contributed by atoms with E-state index in [-0.39, 0.29) is 5.91 Å². The van der Waals surface area contributed by atoms with Gasteiger partial charge in [0, 0.05) is 19.8 Å². The molecule has 138 valence electrons. The van der Waals surface area contributed by atoms with Gasteiger partial charge in [0.1, 0.15) is 0 Å². The van der Waals surface area contributed by atoms with Crippen LogP contribution in [0.3, 0.4) is 0 Å². The van der Waals surface area contributed by atoms with E-state index in [1.54, 1.807) is 0 Å². The predicted octanol–water partition coefficient (Wildman–Crippen LogP) is 5.22. The van der Waals surface area contributed by atoms with E-state index in [1.165, 1.54) is 31.2 Å². The summed E-state index contributed by atoms with van der Waals surface area (Å²) in [6, 6.07) is 2.05. The van der Waals surface area contributed by atoms with E-state index >= 15 is 0 Å². The third kappa shape index (κ3) is 8.32. The summed E-state index contributed by atoms with van der Waals surface area (Å²) in [6.45, 7) is 13.2. The van der Waals surface area contributed by atoms with Crippen LogP contribution in [0.4, 0.5) is 5.69 Å². The van der Waals surface area contributed by atoms with Crippen molar-refractivity contribution in [1.82, 2.24) is 10.3 Å². The van der Waals surface area contributed by atoms with Gasteiger partial charge in [-0.1, -0.05) is 54.4 Å². The molecule has 1 heterocycles. The molecule has 0 unspecified atom stereocenters. The zero-order valence-corrected chi connectivity index (χ0v) is 16.7. The third-order valence-corrected chi connectivity index (χ3v) is 3.61. The number of hydrogen-bond acceptors (Lipinski definition) is 3. The van der Waals surface area contributed by atoms with E-state index < -0.39 is 0 Å². The molecule has 0 aliphatic heterocycles. The van der Waals surface area contributed by atoms with Crippen molar-refractivity contribution in [3.8, 4) is 0 Å². The van der Waals surface area contributed by atoms with Crippen LogP contribution < -0.4 is 10.6 Å². The second-order valence-electron chi connectivity index (χ2n) is 6.29. The molecule has 1 aliphatic rings. The fourth-order valence-electron chi connectivity index (χ4n) is 1.87. The van der Waals surface area contributed by atoms with Crippen LogP contribution in [0.15, 0.2) is 12.3 Å². The van der Waals surface area contributed by atoms with Gasteiger partial charge in [0.2, 0.25) is 0 Å². The van der Waals surface area contributed by atoms with Crippen molar-refractivity contribution in [1.29, 1.82) is 0 Å². The number of hydrogen-bond donors (Lipinski definition) is 2. The second kappa shape index (κ2) is 12.8. The average molecular weight is 336 g/mol. The Labute approximate surface area is 148 Å². The van der Waals surface area contributed by atoms with Gasteiger partial charge in [0.25, 0.3) is 5.91 Å². The molecule has 2 N–H and O–H groups in total. The first kappa shape index (κ1) is 22.4. The molecule has 1 amide bonds. The van der Waals surface area contributed by atoms with Crippen LogP contribution in [-0.4, -0.2) is 24.5 Å². The highest BCUT2D eigenvalue weighted by molar-refractivity contribution is 5.97. The second-order valence-corrected chi connectivity index (χ2v) is 6.29. The van der Waals surface area contributed by atoms with Gasteiger partial charge < -0.3 is 10.6 Å². The van der Waals surface area contributed by atoms with Gasteiger partial charge in [-0.2, -0.15) is 0 Å². The molecule has 0 atom stereocenters. The molecule has 0 bridgehead atoms. The first-order valence-electron chi connectivity index (χ1n) is 9.49. The van der Waals surface area contributed by atoms with Crippen molar-refractivity contribution in [2.45, 2.75) is 73.1 Å². The van der Waals surface area contributed by atoms with E-state index in [1.807, 2.05) is 27.1 Å².